The summed E-state index contributed by atoms with van der Waals surface area (Å²) in [7, 11) is -2.99. The molecule has 30 heavy (non-hydrogen) atoms. The Morgan fingerprint density at radius 3 is 2.67 bits per heavy atom. The minimum Gasteiger partial charge on any atom is -0.344 e. The van der Waals surface area contributed by atoms with Gasteiger partial charge in [0.15, 0.2) is 20.8 Å². The number of Topliss-reactive ketones (excluding diaryl/α,β-unsaturated/α-hetero) is 1. The predicted molar refractivity (Wildman–Crippen MR) is 120 cm³/mol. The van der Waals surface area contributed by atoms with E-state index in [-0.39, 0.29) is 29.1 Å². The molecule has 3 aromatic rings. The number of sulfone groups is 1. The van der Waals surface area contributed by atoms with Crippen molar-refractivity contribution in [1.82, 2.24) is 14.1 Å². The lowest BCUT2D eigenvalue weighted by molar-refractivity contribution is 0.102. The molecule has 0 N–H and O–H groups in total. The molecule has 1 fully saturated rings. The summed E-state index contributed by atoms with van der Waals surface area (Å²) in [4.78, 5) is 17.3. The number of hydrogen-bond acceptors (Lipinski definition) is 5. The summed E-state index contributed by atoms with van der Waals surface area (Å²) in [5, 5.41) is 1.38. The quantitative estimate of drug-likeness (QED) is 0.403. The van der Waals surface area contributed by atoms with Crippen molar-refractivity contribution < 1.29 is 13.2 Å². The first-order valence-corrected chi connectivity index (χ1v) is 12.8. The van der Waals surface area contributed by atoms with Gasteiger partial charge in [-0.1, -0.05) is 23.4 Å². The van der Waals surface area contributed by atoms with Crippen LogP contribution in [0.5, 0.6) is 0 Å². The normalized spacial score (nSPS) is 18.0. The van der Waals surface area contributed by atoms with Gasteiger partial charge in [-0.05, 0) is 50.6 Å². The van der Waals surface area contributed by atoms with Gasteiger partial charge in [-0.3, -0.25) is 9.36 Å². The van der Waals surface area contributed by atoms with Crippen molar-refractivity contribution in [3.63, 3.8) is 0 Å². The number of aryl methyl sites for hydroxylation is 1. The molecule has 1 saturated heterocycles. The zero-order chi connectivity index (χ0) is 21.5. The Labute approximate surface area is 185 Å². The average molecular weight is 464 g/mol. The highest BCUT2D eigenvalue weighted by Crippen LogP contribution is 2.30. The summed E-state index contributed by atoms with van der Waals surface area (Å²) >= 11 is 7.34. The molecule has 0 aliphatic carbocycles. The third-order valence-corrected chi connectivity index (χ3v) is 8.37. The average Bonchev–Trinajstić information content (AvgIpc) is 3.38. The molecular weight excluding hydrogens is 442 g/mol. The van der Waals surface area contributed by atoms with Gasteiger partial charge in [0.1, 0.15) is 0 Å². The summed E-state index contributed by atoms with van der Waals surface area (Å²) in [6.45, 7) is 3.82. The van der Waals surface area contributed by atoms with Gasteiger partial charge in [0.05, 0.1) is 17.3 Å². The van der Waals surface area contributed by atoms with Gasteiger partial charge in [0.2, 0.25) is 0 Å². The van der Waals surface area contributed by atoms with E-state index in [2.05, 4.69) is 4.98 Å². The van der Waals surface area contributed by atoms with E-state index in [1.165, 1.54) is 11.8 Å². The van der Waals surface area contributed by atoms with E-state index in [1.807, 2.05) is 59.5 Å². The summed E-state index contributed by atoms with van der Waals surface area (Å²) < 4.78 is 27.7. The van der Waals surface area contributed by atoms with Crippen LogP contribution < -0.4 is 0 Å². The van der Waals surface area contributed by atoms with Crippen LogP contribution in [0, 0.1) is 13.8 Å². The summed E-state index contributed by atoms with van der Waals surface area (Å²) in [5.41, 5.74) is 3.33. The third-order valence-electron chi connectivity index (χ3n) is 5.40. The summed E-state index contributed by atoms with van der Waals surface area (Å²) in [6.07, 6.45) is 4.15. The molecular formula is C21H22ClN3O3S2. The maximum Gasteiger partial charge on any atom is 0.175 e. The molecule has 0 unspecified atom stereocenters. The minimum absolute atomic E-state index is 0.00543. The summed E-state index contributed by atoms with van der Waals surface area (Å²) in [5.74, 6) is 0.606. The van der Waals surface area contributed by atoms with Gasteiger partial charge in [0, 0.05) is 46.1 Å². The van der Waals surface area contributed by atoms with E-state index >= 15 is 0 Å². The zero-order valence-electron chi connectivity index (χ0n) is 16.7. The maximum absolute atomic E-state index is 13.0. The molecule has 0 saturated carbocycles. The second-order valence-corrected chi connectivity index (χ2v) is 11.1. The molecule has 1 aliphatic heterocycles. The van der Waals surface area contributed by atoms with Crippen LogP contribution in [0.25, 0.3) is 5.69 Å². The van der Waals surface area contributed by atoms with E-state index in [0.717, 1.165) is 22.2 Å². The molecule has 3 heterocycles. The molecule has 6 nitrogen and oxygen atoms in total. The molecule has 0 amide bonds. The van der Waals surface area contributed by atoms with Crippen LogP contribution in [0.4, 0.5) is 0 Å². The number of nitrogens with zero attached hydrogens (tertiary/aromatic N) is 3. The smallest absolute Gasteiger partial charge is 0.175 e. The lowest BCUT2D eigenvalue weighted by Crippen LogP contribution is -2.14. The Morgan fingerprint density at radius 2 is 2.00 bits per heavy atom. The topological polar surface area (TPSA) is 74.0 Å². The number of carbonyl (C=O) groups excluding carboxylic acids is 1. The van der Waals surface area contributed by atoms with Crippen molar-refractivity contribution in [1.29, 1.82) is 0 Å². The molecule has 4 rings (SSSR count). The van der Waals surface area contributed by atoms with Gasteiger partial charge in [0.25, 0.3) is 0 Å². The molecule has 1 atom stereocenters. The highest BCUT2D eigenvalue weighted by molar-refractivity contribution is 7.99. The second-order valence-electron chi connectivity index (χ2n) is 7.48. The van der Waals surface area contributed by atoms with E-state index in [9.17, 15) is 13.2 Å². The number of carbonyl (C=O) groups is 1. The molecule has 1 aromatic carbocycles. The van der Waals surface area contributed by atoms with E-state index < -0.39 is 9.84 Å². The number of aromatic nitrogens is 3. The number of thioether (sulfide) groups is 1. The van der Waals surface area contributed by atoms with Crippen LogP contribution in [0.3, 0.4) is 0 Å². The molecule has 158 valence electrons. The van der Waals surface area contributed by atoms with E-state index in [0.29, 0.717) is 17.0 Å². The Morgan fingerprint density at radius 1 is 1.27 bits per heavy atom. The molecule has 0 spiro atoms. The Balaban J connectivity index is 1.50. The van der Waals surface area contributed by atoms with Crippen molar-refractivity contribution >= 4 is 39.0 Å². The van der Waals surface area contributed by atoms with Gasteiger partial charge >= 0.3 is 0 Å². The van der Waals surface area contributed by atoms with Crippen LogP contribution in [-0.4, -0.2) is 45.6 Å². The number of halogens is 1. The first-order valence-electron chi connectivity index (χ1n) is 9.59. The highest BCUT2D eigenvalue weighted by atomic mass is 35.5. The van der Waals surface area contributed by atoms with Crippen molar-refractivity contribution in [3.05, 3.63) is 64.7 Å². The largest absolute Gasteiger partial charge is 0.344 e. The van der Waals surface area contributed by atoms with Crippen molar-refractivity contribution in [2.24, 2.45) is 0 Å². The van der Waals surface area contributed by atoms with Gasteiger partial charge in [-0.2, -0.15) is 0 Å². The zero-order valence-corrected chi connectivity index (χ0v) is 19.1. The minimum atomic E-state index is -2.99. The molecule has 1 aliphatic rings. The van der Waals surface area contributed by atoms with Crippen molar-refractivity contribution in [2.45, 2.75) is 31.5 Å². The lowest BCUT2D eigenvalue weighted by Gasteiger charge is -2.16. The van der Waals surface area contributed by atoms with Gasteiger partial charge in [-0.25, -0.2) is 13.4 Å². The maximum atomic E-state index is 13.0. The van der Waals surface area contributed by atoms with Crippen LogP contribution in [0.15, 0.2) is 47.9 Å². The predicted octanol–water partition coefficient (Wildman–Crippen LogP) is 4.28. The van der Waals surface area contributed by atoms with E-state index in [1.54, 1.807) is 6.20 Å². The number of imidazole rings is 1. The van der Waals surface area contributed by atoms with Gasteiger partial charge in [-0.15, -0.1) is 0 Å². The number of hydrogen-bond donors (Lipinski definition) is 0. The van der Waals surface area contributed by atoms with Crippen LogP contribution in [-0.2, 0) is 9.84 Å². The van der Waals surface area contributed by atoms with Crippen LogP contribution >= 0.6 is 23.4 Å². The fraction of sp³-hybridized carbons (Fsp3) is 0.333. The van der Waals surface area contributed by atoms with Gasteiger partial charge < -0.3 is 4.57 Å². The molecule has 0 bridgehead atoms. The number of ketones is 1. The van der Waals surface area contributed by atoms with E-state index in [4.69, 9.17) is 11.6 Å². The molecule has 0 radical (unpaired) electrons. The fourth-order valence-electron chi connectivity index (χ4n) is 4.00. The fourth-order valence-corrected chi connectivity index (χ4v) is 6.69. The summed E-state index contributed by atoms with van der Waals surface area (Å²) in [6, 6.07) is 9.21. The second kappa shape index (κ2) is 8.24. The van der Waals surface area contributed by atoms with Crippen LogP contribution in [0.2, 0.25) is 5.02 Å². The van der Waals surface area contributed by atoms with Crippen LogP contribution in [0.1, 0.15) is 34.2 Å². The van der Waals surface area contributed by atoms with Crippen molar-refractivity contribution in [3.8, 4) is 5.69 Å². The van der Waals surface area contributed by atoms with Crippen molar-refractivity contribution in [2.75, 3.05) is 17.3 Å². The number of benzene rings is 1. The third kappa shape index (κ3) is 4.22. The first-order chi connectivity index (χ1) is 14.2. The Hall–Kier alpha value is -2.03. The lowest BCUT2D eigenvalue weighted by atomic mass is 10.2. The number of rotatable bonds is 6. The highest BCUT2D eigenvalue weighted by Gasteiger charge is 2.31. The standard InChI is InChI=1S/C21H22ClN3O3S2/c1-14-11-19(15(2)25(14)18-7-10-30(27,28)13-18)20(26)12-29-21-23-8-9-24(21)17-5-3-16(22)4-6-17/h3-6,8-9,11,18H,7,10,12-13H2,1-2H3/t18-/m1/s1. The molecule has 2 aromatic heterocycles. The monoisotopic (exact) mass is 463 g/mol. The first kappa shape index (κ1) is 21.2. The Kier molecular flexibility index (Phi) is 5.83. The SMILES string of the molecule is Cc1cc(C(=O)CSc2nccn2-c2ccc(Cl)cc2)c(C)n1[C@@H]1CCS(=O)(=O)C1. The molecule has 9 heteroatoms. The Bertz CT molecular complexity index is 1200.